The molecule has 1 atom stereocenters. The lowest BCUT2D eigenvalue weighted by Crippen LogP contribution is -2.42. The number of benzene rings is 1. The maximum absolute atomic E-state index is 12.9. The van der Waals surface area contributed by atoms with E-state index in [0.717, 1.165) is 24.0 Å². The second-order valence-electron chi connectivity index (χ2n) is 6.88. The predicted molar refractivity (Wildman–Crippen MR) is 97.8 cm³/mol. The molecule has 152 valence electrons. The fraction of sp³-hybridized carbons (Fsp3) is 0.500. The summed E-state index contributed by atoms with van der Waals surface area (Å²) >= 11 is 0. The number of aromatic nitrogens is 2. The van der Waals surface area contributed by atoms with E-state index in [0.29, 0.717) is 44.7 Å². The Balaban J connectivity index is 1.55. The molecule has 1 saturated heterocycles. The normalized spacial score (nSPS) is 18.4. The van der Waals surface area contributed by atoms with Crippen molar-refractivity contribution in [1.82, 2.24) is 14.9 Å². The van der Waals surface area contributed by atoms with E-state index in [9.17, 15) is 13.2 Å². The largest absolute Gasteiger partial charge is 0.416 e. The van der Waals surface area contributed by atoms with Gasteiger partial charge in [0.15, 0.2) is 0 Å². The van der Waals surface area contributed by atoms with Crippen molar-refractivity contribution in [2.75, 3.05) is 33.4 Å². The van der Waals surface area contributed by atoms with Gasteiger partial charge in [-0.25, -0.2) is 9.97 Å². The highest BCUT2D eigenvalue weighted by atomic mass is 19.4. The summed E-state index contributed by atoms with van der Waals surface area (Å²) in [6.07, 6.45) is 0.287. The van der Waals surface area contributed by atoms with E-state index in [2.05, 4.69) is 14.9 Å². The lowest BCUT2D eigenvalue weighted by molar-refractivity contribution is -0.137. The first kappa shape index (κ1) is 20.7. The van der Waals surface area contributed by atoms with E-state index in [1.54, 1.807) is 13.2 Å². The molecule has 28 heavy (non-hydrogen) atoms. The molecule has 3 rings (SSSR count). The van der Waals surface area contributed by atoms with Gasteiger partial charge in [-0.2, -0.15) is 13.2 Å². The summed E-state index contributed by atoms with van der Waals surface area (Å²) in [5.74, 6) is 0.745. The number of hydrogen-bond acceptors (Lipinski definition) is 5. The van der Waals surface area contributed by atoms with Gasteiger partial charge in [-0.15, -0.1) is 0 Å². The molecule has 0 aliphatic carbocycles. The number of nitrogens with zero attached hydrogens (tertiary/aromatic N) is 3. The van der Waals surface area contributed by atoms with Crippen LogP contribution in [0.1, 0.15) is 22.5 Å². The second kappa shape index (κ2) is 9.45. The highest BCUT2D eigenvalue weighted by Crippen LogP contribution is 2.30. The van der Waals surface area contributed by atoms with Gasteiger partial charge in [-0.1, -0.05) is 18.2 Å². The van der Waals surface area contributed by atoms with Crippen LogP contribution < -0.4 is 0 Å². The first-order valence-corrected chi connectivity index (χ1v) is 9.23. The number of morpholine rings is 1. The fourth-order valence-electron chi connectivity index (χ4n) is 3.23. The van der Waals surface area contributed by atoms with Gasteiger partial charge in [0, 0.05) is 51.1 Å². The molecule has 1 aromatic heterocycles. The zero-order chi connectivity index (χ0) is 20.0. The molecule has 1 aliphatic rings. The SMILES string of the molecule is COCCc1ncc(CN2CCOC(Cc3cccc(C(F)(F)F)c3)C2)cn1. The number of halogens is 3. The number of alkyl halides is 3. The number of rotatable bonds is 7. The smallest absolute Gasteiger partial charge is 0.384 e. The van der Waals surface area contributed by atoms with Gasteiger partial charge in [0.25, 0.3) is 0 Å². The topological polar surface area (TPSA) is 47.5 Å². The molecule has 1 fully saturated rings. The van der Waals surface area contributed by atoms with Crippen LogP contribution in [0.2, 0.25) is 0 Å². The van der Waals surface area contributed by atoms with Crippen LogP contribution in [0.3, 0.4) is 0 Å². The van der Waals surface area contributed by atoms with E-state index in [1.165, 1.54) is 12.1 Å². The summed E-state index contributed by atoms with van der Waals surface area (Å²) < 4.78 is 49.5. The van der Waals surface area contributed by atoms with Crippen LogP contribution in [0, 0.1) is 0 Å². The van der Waals surface area contributed by atoms with Crippen molar-refractivity contribution in [2.24, 2.45) is 0 Å². The molecule has 1 aliphatic heterocycles. The summed E-state index contributed by atoms with van der Waals surface area (Å²) in [5, 5.41) is 0. The summed E-state index contributed by atoms with van der Waals surface area (Å²) in [6.45, 7) is 3.25. The Labute approximate surface area is 162 Å². The molecule has 0 N–H and O–H groups in total. The first-order chi connectivity index (χ1) is 13.4. The van der Waals surface area contributed by atoms with Gasteiger partial charge in [0.1, 0.15) is 5.82 Å². The Morgan fingerprint density at radius 2 is 2.00 bits per heavy atom. The summed E-state index contributed by atoms with van der Waals surface area (Å²) in [6, 6.07) is 5.45. The molecule has 5 nitrogen and oxygen atoms in total. The van der Waals surface area contributed by atoms with E-state index in [4.69, 9.17) is 9.47 Å². The van der Waals surface area contributed by atoms with Crippen molar-refractivity contribution in [3.05, 3.63) is 59.2 Å². The van der Waals surface area contributed by atoms with Crippen molar-refractivity contribution >= 4 is 0 Å². The van der Waals surface area contributed by atoms with Crippen LogP contribution >= 0.6 is 0 Å². The van der Waals surface area contributed by atoms with Crippen molar-refractivity contribution in [3.63, 3.8) is 0 Å². The molecule has 0 spiro atoms. The molecule has 0 saturated carbocycles. The van der Waals surface area contributed by atoms with Crippen LogP contribution in [0.25, 0.3) is 0 Å². The van der Waals surface area contributed by atoms with Crippen LogP contribution in [0.4, 0.5) is 13.2 Å². The standard InChI is InChI=1S/C20H24F3N3O2/c1-27-7-5-19-24-11-16(12-25-19)13-26-6-8-28-18(14-26)10-15-3-2-4-17(9-15)20(21,22)23/h2-4,9,11-12,18H,5-8,10,13-14H2,1H3. The molecule has 1 aromatic carbocycles. The zero-order valence-corrected chi connectivity index (χ0v) is 15.8. The molecule has 0 radical (unpaired) electrons. The van der Waals surface area contributed by atoms with Crippen molar-refractivity contribution in [2.45, 2.75) is 31.7 Å². The Hall–Kier alpha value is -2.03. The van der Waals surface area contributed by atoms with E-state index < -0.39 is 11.7 Å². The van der Waals surface area contributed by atoms with Gasteiger partial charge >= 0.3 is 6.18 Å². The monoisotopic (exact) mass is 395 g/mol. The van der Waals surface area contributed by atoms with Crippen LogP contribution in [0.5, 0.6) is 0 Å². The summed E-state index contributed by atoms with van der Waals surface area (Å²) in [4.78, 5) is 10.9. The van der Waals surface area contributed by atoms with Gasteiger partial charge in [0.2, 0.25) is 0 Å². The van der Waals surface area contributed by atoms with E-state index in [-0.39, 0.29) is 6.10 Å². The molecular formula is C20H24F3N3O2. The van der Waals surface area contributed by atoms with Gasteiger partial charge < -0.3 is 9.47 Å². The third-order valence-electron chi connectivity index (χ3n) is 4.64. The lowest BCUT2D eigenvalue weighted by Gasteiger charge is -2.33. The quantitative estimate of drug-likeness (QED) is 0.721. The molecule has 2 heterocycles. The molecule has 8 heteroatoms. The Morgan fingerprint density at radius 3 is 2.71 bits per heavy atom. The fourth-order valence-corrected chi connectivity index (χ4v) is 3.23. The maximum Gasteiger partial charge on any atom is 0.416 e. The van der Waals surface area contributed by atoms with E-state index in [1.807, 2.05) is 12.4 Å². The molecule has 1 unspecified atom stereocenters. The van der Waals surface area contributed by atoms with Crippen LogP contribution in [-0.4, -0.2) is 54.4 Å². The summed E-state index contributed by atoms with van der Waals surface area (Å²) in [7, 11) is 1.64. The van der Waals surface area contributed by atoms with Crippen molar-refractivity contribution in [1.29, 1.82) is 0 Å². The molecule has 2 aromatic rings. The zero-order valence-electron chi connectivity index (χ0n) is 15.8. The van der Waals surface area contributed by atoms with Gasteiger partial charge in [-0.3, -0.25) is 4.90 Å². The number of ether oxygens (including phenoxy) is 2. The molecule has 0 amide bonds. The minimum absolute atomic E-state index is 0.140. The third kappa shape index (κ3) is 5.98. The van der Waals surface area contributed by atoms with Crippen LogP contribution in [-0.2, 0) is 35.0 Å². The minimum Gasteiger partial charge on any atom is -0.384 e. The Morgan fingerprint density at radius 1 is 1.21 bits per heavy atom. The highest BCUT2D eigenvalue weighted by molar-refractivity contribution is 5.26. The molecule has 0 bridgehead atoms. The van der Waals surface area contributed by atoms with Gasteiger partial charge in [0.05, 0.1) is 24.9 Å². The third-order valence-corrected chi connectivity index (χ3v) is 4.64. The summed E-state index contributed by atoms with van der Waals surface area (Å²) in [5.41, 5.74) is 1.01. The van der Waals surface area contributed by atoms with Crippen molar-refractivity contribution in [3.8, 4) is 0 Å². The molecular weight excluding hydrogens is 371 g/mol. The average molecular weight is 395 g/mol. The maximum atomic E-state index is 12.9. The second-order valence-corrected chi connectivity index (χ2v) is 6.88. The lowest BCUT2D eigenvalue weighted by atomic mass is 10.0. The minimum atomic E-state index is -4.33. The Bertz CT molecular complexity index is 753. The Kier molecular flexibility index (Phi) is 6.98. The number of methoxy groups -OCH3 is 1. The van der Waals surface area contributed by atoms with Crippen molar-refractivity contribution < 1.29 is 22.6 Å². The van der Waals surface area contributed by atoms with E-state index >= 15 is 0 Å². The van der Waals surface area contributed by atoms with Crippen LogP contribution in [0.15, 0.2) is 36.7 Å². The average Bonchev–Trinajstić information content (AvgIpc) is 2.67. The number of hydrogen-bond donors (Lipinski definition) is 0. The first-order valence-electron chi connectivity index (χ1n) is 9.23. The van der Waals surface area contributed by atoms with Gasteiger partial charge in [-0.05, 0) is 18.1 Å². The highest BCUT2D eigenvalue weighted by Gasteiger charge is 2.30. The predicted octanol–water partition coefficient (Wildman–Crippen LogP) is 3.13.